The first-order chi connectivity index (χ1) is 21.6. The number of unbranched alkanes of at least 4 members (excludes halogenated alkanes) is 3. The number of carbonyl (C=O) groups is 3. The number of Topliss-reactive ketones (excluding diaryl/α,β-unsaturated/α-hetero) is 2. The molecule has 1 amide bonds. The zero-order valence-electron chi connectivity index (χ0n) is 24.8. The monoisotopic (exact) mass is 650 g/mol. The first-order valence-corrected chi connectivity index (χ1v) is 14.9. The summed E-state index contributed by atoms with van der Waals surface area (Å²) in [6.07, 6.45) is -6.13. The SMILES string of the molecule is Nc1cc(F)ccc1CC(=O)CCCCCCC(=O)Nc1ccc2c(c1)CCC(Cc1cc(C(F)(F)F)cc(C(F)(F)F)c1)C2=O. The molecule has 0 fully saturated rings. The van der Waals surface area contributed by atoms with Crippen LogP contribution in [0.4, 0.5) is 42.1 Å². The molecule has 5 nitrogen and oxygen atoms in total. The van der Waals surface area contributed by atoms with Crippen molar-refractivity contribution in [1.29, 1.82) is 0 Å². The van der Waals surface area contributed by atoms with Crippen LogP contribution in [0.15, 0.2) is 54.6 Å². The zero-order chi connectivity index (χ0) is 33.6. The largest absolute Gasteiger partial charge is 0.416 e. The van der Waals surface area contributed by atoms with E-state index >= 15 is 0 Å². The van der Waals surface area contributed by atoms with Crippen molar-refractivity contribution in [3.8, 4) is 0 Å². The minimum Gasteiger partial charge on any atom is -0.398 e. The van der Waals surface area contributed by atoms with E-state index in [9.17, 15) is 45.1 Å². The van der Waals surface area contributed by atoms with Crippen molar-refractivity contribution in [2.24, 2.45) is 5.92 Å². The number of rotatable bonds is 12. The van der Waals surface area contributed by atoms with E-state index in [0.717, 1.165) is 12.8 Å². The van der Waals surface area contributed by atoms with Crippen molar-refractivity contribution in [2.75, 3.05) is 11.1 Å². The summed E-state index contributed by atoms with van der Waals surface area (Å²) in [6, 6.07) is 10.0. The third kappa shape index (κ3) is 9.40. The summed E-state index contributed by atoms with van der Waals surface area (Å²) in [4.78, 5) is 37.8. The van der Waals surface area contributed by atoms with Gasteiger partial charge in [-0.1, -0.05) is 18.9 Å². The van der Waals surface area contributed by atoms with Gasteiger partial charge in [0.2, 0.25) is 5.91 Å². The van der Waals surface area contributed by atoms with E-state index in [4.69, 9.17) is 5.73 Å². The van der Waals surface area contributed by atoms with Crippen LogP contribution in [-0.2, 0) is 41.2 Å². The lowest BCUT2D eigenvalue weighted by molar-refractivity contribution is -0.143. The second-order valence-corrected chi connectivity index (χ2v) is 11.6. The summed E-state index contributed by atoms with van der Waals surface area (Å²) in [7, 11) is 0. The summed E-state index contributed by atoms with van der Waals surface area (Å²) in [5.41, 5.74) is 4.99. The maximum absolute atomic E-state index is 13.3. The third-order valence-electron chi connectivity index (χ3n) is 8.02. The Bertz CT molecular complexity index is 1570. The summed E-state index contributed by atoms with van der Waals surface area (Å²) in [5.74, 6) is -1.84. The number of nitrogens with one attached hydrogen (secondary N) is 1. The van der Waals surface area contributed by atoms with E-state index in [1.165, 1.54) is 24.3 Å². The minimum atomic E-state index is -4.97. The summed E-state index contributed by atoms with van der Waals surface area (Å²) >= 11 is 0. The number of carbonyl (C=O) groups excluding carboxylic acids is 3. The van der Waals surface area contributed by atoms with E-state index < -0.39 is 35.2 Å². The fraction of sp³-hybridized carbons (Fsp3) is 0.382. The first kappa shape index (κ1) is 34.6. The van der Waals surface area contributed by atoms with Gasteiger partial charge in [0.25, 0.3) is 0 Å². The van der Waals surface area contributed by atoms with Crippen LogP contribution in [0.2, 0.25) is 0 Å². The van der Waals surface area contributed by atoms with Crippen LogP contribution in [0.3, 0.4) is 0 Å². The lowest BCUT2D eigenvalue weighted by Gasteiger charge is -2.24. The minimum absolute atomic E-state index is 0.000452. The lowest BCUT2D eigenvalue weighted by Crippen LogP contribution is -2.25. The number of fused-ring (bicyclic) bond motifs is 1. The number of halogens is 7. The van der Waals surface area contributed by atoms with Crippen molar-refractivity contribution in [3.63, 3.8) is 0 Å². The van der Waals surface area contributed by atoms with Gasteiger partial charge in [-0.2, -0.15) is 26.3 Å². The highest BCUT2D eigenvalue weighted by Gasteiger charge is 2.37. The highest BCUT2D eigenvalue weighted by Crippen LogP contribution is 2.38. The molecule has 0 saturated heterocycles. The predicted octanol–water partition coefficient (Wildman–Crippen LogP) is 8.52. The molecule has 0 bridgehead atoms. The molecule has 1 unspecified atom stereocenters. The molecule has 1 atom stereocenters. The molecule has 3 N–H and O–H groups in total. The van der Waals surface area contributed by atoms with Gasteiger partial charge < -0.3 is 11.1 Å². The smallest absolute Gasteiger partial charge is 0.398 e. The van der Waals surface area contributed by atoms with Crippen LogP contribution in [0.5, 0.6) is 0 Å². The van der Waals surface area contributed by atoms with Gasteiger partial charge in [0.1, 0.15) is 11.6 Å². The first-order valence-electron chi connectivity index (χ1n) is 14.9. The molecule has 1 aliphatic rings. The molecule has 3 aromatic rings. The Hall–Kier alpha value is -4.22. The number of anilines is 2. The third-order valence-corrected chi connectivity index (χ3v) is 8.02. The van der Waals surface area contributed by atoms with Gasteiger partial charge in [-0.15, -0.1) is 0 Å². The molecule has 4 rings (SSSR count). The lowest BCUT2D eigenvalue weighted by atomic mass is 9.79. The number of amides is 1. The maximum atomic E-state index is 13.3. The fourth-order valence-corrected chi connectivity index (χ4v) is 5.63. The van der Waals surface area contributed by atoms with E-state index in [0.29, 0.717) is 60.2 Å². The molecule has 1 aliphatic carbocycles. The number of hydrogen-bond acceptors (Lipinski definition) is 4. The fourth-order valence-electron chi connectivity index (χ4n) is 5.63. The maximum Gasteiger partial charge on any atom is 0.416 e. The Morgan fingerprint density at radius 1 is 0.826 bits per heavy atom. The summed E-state index contributed by atoms with van der Waals surface area (Å²) in [6.45, 7) is 0. The highest BCUT2D eigenvalue weighted by atomic mass is 19.4. The second kappa shape index (κ2) is 14.5. The van der Waals surface area contributed by atoms with Crippen molar-refractivity contribution in [1.82, 2.24) is 0 Å². The van der Waals surface area contributed by atoms with Crippen molar-refractivity contribution in [2.45, 2.75) is 76.6 Å². The molecular weight excluding hydrogens is 617 g/mol. The average Bonchev–Trinajstić information content (AvgIpc) is 2.97. The van der Waals surface area contributed by atoms with Crippen LogP contribution in [0, 0.1) is 11.7 Å². The van der Waals surface area contributed by atoms with Gasteiger partial charge in [0, 0.05) is 42.1 Å². The van der Waals surface area contributed by atoms with Gasteiger partial charge >= 0.3 is 12.4 Å². The number of aryl methyl sites for hydroxylation is 1. The molecule has 0 radical (unpaired) electrons. The van der Waals surface area contributed by atoms with Gasteiger partial charge in [0.15, 0.2) is 5.78 Å². The highest BCUT2D eigenvalue weighted by molar-refractivity contribution is 6.01. The van der Waals surface area contributed by atoms with Gasteiger partial charge in [-0.25, -0.2) is 4.39 Å². The molecule has 3 aromatic carbocycles. The van der Waals surface area contributed by atoms with Gasteiger partial charge in [-0.3, -0.25) is 14.4 Å². The second-order valence-electron chi connectivity index (χ2n) is 11.6. The van der Waals surface area contributed by atoms with E-state index in [-0.39, 0.29) is 60.5 Å². The number of nitrogen functional groups attached to an aromatic ring is 1. The van der Waals surface area contributed by atoms with E-state index in [2.05, 4.69) is 5.32 Å². The molecule has 0 spiro atoms. The van der Waals surface area contributed by atoms with Crippen molar-refractivity contribution < 1.29 is 45.1 Å². The molecule has 0 heterocycles. The van der Waals surface area contributed by atoms with E-state index in [1.807, 2.05) is 0 Å². The molecular formula is C34H33F7N2O3. The van der Waals surface area contributed by atoms with Crippen LogP contribution < -0.4 is 11.1 Å². The van der Waals surface area contributed by atoms with E-state index in [1.54, 1.807) is 12.1 Å². The molecule has 0 saturated carbocycles. The quantitative estimate of drug-likeness (QED) is 0.117. The Balaban J connectivity index is 1.24. The molecule has 246 valence electrons. The Morgan fingerprint density at radius 3 is 2.11 bits per heavy atom. The standard InChI is InChI=1S/C34H33F7N2O3/c35-26-10-9-22(30(42)19-26)17-28(44)5-3-1-2-4-6-31(45)43-27-11-12-29-21(16-27)7-8-23(32(29)46)13-20-14-24(33(36,37)38)18-25(15-20)34(39,40)41/h9-12,14-16,18-19,23H,1-8,13,17,42H2,(H,43,45). The average molecular weight is 651 g/mol. The zero-order valence-corrected chi connectivity index (χ0v) is 24.8. The molecule has 12 heteroatoms. The van der Waals surface area contributed by atoms with Crippen LogP contribution in [-0.4, -0.2) is 17.5 Å². The van der Waals surface area contributed by atoms with Crippen LogP contribution >= 0.6 is 0 Å². The Labute approximate surface area is 261 Å². The van der Waals surface area contributed by atoms with Gasteiger partial charge in [0.05, 0.1) is 11.1 Å². The van der Waals surface area contributed by atoms with Crippen molar-refractivity contribution >= 4 is 28.8 Å². The number of hydrogen-bond donors (Lipinski definition) is 2. The number of benzene rings is 3. The van der Waals surface area contributed by atoms with Crippen LogP contribution in [0.25, 0.3) is 0 Å². The van der Waals surface area contributed by atoms with Crippen LogP contribution in [0.1, 0.15) is 83.1 Å². The number of alkyl halides is 6. The number of nitrogens with two attached hydrogens (primary N) is 1. The van der Waals surface area contributed by atoms with Gasteiger partial charge in [-0.05, 0) is 97.3 Å². The number of ketones is 2. The Morgan fingerprint density at radius 2 is 1.48 bits per heavy atom. The molecule has 0 aliphatic heterocycles. The molecule has 46 heavy (non-hydrogen) atoms. The topological polar surface area (TPSA) is 89.3 Å². The Kier molecular flexibility index (Phi) is 10.9. The summed E-state index contributed by atoms with van der Waals surface area (Å²) in [5, 5.41) is 2.79. The molecule has 0 aromatic heterocycles. The van der Waals surface area contributed by atoms with Crippen molar-refractivity contribution in [3.05, 3.63) is 93.8 Å². The summed E-state index contributed by atoms with van der Waals surface area (Å²) < 4.78 is 92.7. The normalized spacial score (nSPS) is 15.0. The predicted molar refractivity (Wildman–Crippen MR) is 159 cm³/mol.